The lowest BCUT2D eigenvalue weighted by atomic mass is 10.1. The molecule has 0 bridgehead atoms. The van der Waals surface area contributed by atoms with Gasteiger partial charge in [-0.25, -0.2) is 14.4 Å². The molecule has 162 valence electrons. The zero-order valence-corrected chi connectivity index (χ0v) is 15.5. The molecule has 6 atom stereocenters. The molecule has 2 heterocycles. The molecule has 2 rings (SSSR count). The van der Waals surface area contributed by atoms with Crippen molar-refractivity contribution in [2.75, 3.05) is 12.3 Å². The third-order valence-corrected chi connectivity index (χ3v) is 5.01. The highest BCUT2D eigenvalue weighted by molar-refractivity contribution is 7.50. The molecule has 1 aliphatic heterocycles. The maximum Gasteiger partial charge on any atom is 0.403 e. The minimum Gasteiger partial charge on any atom is -0.481 e. The number of hydrogen-bond acceptors (Lipinski definition) is 10. The molecule has 15 nitrogen and oxygen atoms in total. The third-order valence-electron chi connectivity index (χ3n) is 3.87. The molecule has 8 N–H and O–H groups in total. The average Bonchev–Trinajstić information content (AvgIpc) is 2.87. The number of nitrogen functional groups attached to an aromatic ring is 1. The normalized spacial score (nSPS) is 27.3. The van der Waals surface area contributed by atoms with Crippen molar-refractivity contribution in [2.24, 2.45) is 0 Å². The van der Waals surface area contributed by atoms with Crippen LogP contribution in [0.15, 0.2) is 17.1 Å². The van der Waals surface area contributed by atoms with Gasteiger partial charge in [-0.15, -0.1) is 0 Å². The summed E-state index contributed by atoms with van der Waals surface area (Å²) in [6.45, 7) is -0.800. The van der Waals surface area contributed by atoms with E-state index in [0.29, 0.717) is 0 Å². The zero-order chi connectivity index (χ0) is 21.9. The summed E-state index contributed by atoms with van der Waals surface area (Å²) in [4.78, 5) is 46.6. The van der Waals surface area contributed by atoms with Gasteiger partial charge in [0.25, 0.3) is 0 Å². The molecule has 0 radical (unpaired) electrons. The van der Waals surface area contributed by atoms with Crippen LogP contribution in [0.4, 0.5) is 5.82 Å². The Labute approximate surface area is 161 Å². The molecule has 1 aromatic heterocycles. The Bertz CT molecular complexity index is 877. The summed E-state index contributed by atoms with van der Waals surface area (Å²) in [6, 6.07) is -0.677. The molecule has 0 saturated carbocycles. The Kier molecular flexibility index (Phi) is 7.07. The van der Waals surface area contributed by atoms with Gasteiger partial charge in [0.1, 0.15) is 30.2 Å². The van der Waals surface area contributed by atoms with Crippen LogP contribution >= 0.6 is 7.75 Å². The standard InChI is InChI=1S/C13H19N4O11P/c14-7-1-2-17(13(24)15-7)11-10(21)9(20)6(28-11)4-27-29(25,26)16-5(12(22)23)3-8(18)19/h1-2,5-6,9-11,20-21H,3-4H2,(H,18,19)(H,22,23)(H2,14,15,24)(H2,16,25,26)/t5-,6?,9?,10?,11?/m0/s1. The highest BCUT2D eigenvalue weighted by Crippen LogP contribution is 2.39. The van der Waals surface area contributed by atoms with Gasteiger partial charge >= 0.3 is 25.4 Å². The van der Waals surface area contributed by atoms with E-state index in [1.165, 1.54) is 6.07 Å². The fourth-order valence-corrected chi connectivity index (χ4v) is 3.51. The van der Waals surface area contributed by atoms with E-state index in [9.17, 15) is 34.1 Å². The smallest absolute Gasteiger partial charge is 0.403 e. The number of hydrogen-bond donors (Lipinski definition) is 7. The lowest BCUT2D eigenvalue weighted by Crippen LogP contribution is -2.38. The average molecular weight is 438 g/mol. The Hall–Kier alpha value is -2.39. The molecule has 1 aliphatic rings. The lowest BCUT2D eigenvalue weighted by Gasteiger charge is -2.20. The van der Waals surface area contributed by atoms with Crippen molar-refractivity contribution in [3.63, 3.8) is 0 Å². The number of rotatable bonds is 9. The molecule has 29 heavy (non-hydrogen) atoms. The molecule has 0 amide bonds. The summed E-state index contributed by atoms with van der Waals surface area (Å²) in [5.41, 5.74) is 4.48. The van der Waals surface area contributed by atoms with Crippen LogP contribution in [-0.4, -0.2) is 77.8 Å². The molecule has 0 aromatic carbocycles. The first kappa shape index (κ1) is 22.9. The van der Waals surface area contributed by atoms with E-state index in [1.807, 2.05) is 0 Å². The van der Waals surface area contributed by atoms with E-state index in [0.717, 1.165) is 10.8 Å². The minimum absolute atomic E-state index is 0.0826. The summed E-state index contributed by atoms with van der Waals surface area (Å²) in [7, 11) is -4.83. The summed E-state index contributed by atoms with van der Waals surface area (Å²) < 4.78 is 22.8. The van der Waals surface area contributed by atoms with Gasteiger partial charge in [0.05, 0.1) is 13.0 Å². The van der Waals surface area contributed by atoms with Crippen molar-refractivity contribution in [1.82, 2.24) is 14.6 Å². The first-order valence-corrected chi connectivity index (χ1v) is 9.55. The Morgan fingerprint density at radius 2 is 2.03 bits per heavy atom. The van der Waals surface area contributed by atoms with Crippen LogP contribution < -0.4 is 16.5 Å². The number of carbonyl (C=O) groups is 2. The summed E-state index contributed by atoms with van der Waals surface area (Å²) in [5.74, 6) is -3.32. The number of aliphatic hydroxyl groups excluding tert-OH is 2. The number of carboxylic acid groups (broad SMARTS) is 2. The Morgan fingerprint density at radius 3 is 2.59 bits per heavy atom. The third kappa shape index (κ3) is 5.80. The van der Waals surface area contributed by atoms with E-state index in [2.05, 4.69) is 9.51 Å². The SMILES string of the molecule is Nc1ccn(C2OC(COP(=O)(O)N[C@@H](CC(=O)O)C(=O)O)C(O)C2O)c(=O)n1. The van der Waals surface area contributed by atoms with Gasteiger partial charge in [-0.3, -0.25) is 18.7 Å². The lowest BCUT2D eigenvalue weighted by molar-refractivity contribution is -0.145. The second-order valence-corrected chi connectivity index (χ2v) is 7.58. The van der Waals surface area contributed by atoms with Gasteiger partial charge in [0.2, 0.25) is 0 Å². The fourth-order valence-electron chi connectivity index (χ4n) is 2.49. The summed E-state index contributed by atoms with van der Waals surface area (Å²) in [5, 5.41) is 39.3. The number of aromatic nitrogens is 2. The number of anilines is 1. The number of nitrogens with zero attached hydrogens (tertiary/aromatic N) is 2. The number of aliphatic hydroxyl groups is 2. The molecule has 16 heteroatoms. The van der Waals surface area contributed by atoms with E-state index in [4.69, 9.17) is 20.7 Å². The van der Waals surface area contributed by atoms with Crippen LogP contribution in [0.1, 0.15) is 12.6 Å². The molecule has 1 aromatic rings. The van der Waals surface area contributed by atoms with E-state index in [1.54, 1.807) is 5.09 Å². The minimum atomic E-state index is -4.83. The van der Waals surface area contributed by atoms with Crippen molar-refractivity contribution >= 4 is 25.5 Å². The van der Waals surface area contributed by atoms with Crippen molar-refractivity contribution in [2.45, 2.75) is 37.0 Å². The van der Waals surface area contributed by atoms with Crippen LogP contribution in [0, 0.1) is 0 Å². The quantitative estimate of drug-likeness (QED) is 0.191. The van der Waals surface area contributed by atoms with Crippen LogP contribution in [0.3, 0.4) is 0 Å². The predicted molar refractivity (Wildman–Crippen MR) is 91.4 cm³/mol. The van der Waals surface area contributed by atoms with E-state index >= 15 is 0 Å². The Morgan fingerprint density at radius 1 is 1.38 bits per heavy atom. The number of aliphatic carboxylic acids is 2. The van der Waals surface area contributed by atoms with Crippen molar-refractivity contribution < 1.29 is 48.7 Å². The van der Waals surface area contributed by atoms with Gasteiger partial charge in [0.15, 0.2) is 6.23 Å². The highest BCUT2D eigenvalue weighted by atomic mass is 31.2. The van der Waals surface area contributed by atoms with Crippen molar-refractivity contribution in [1.29, 1.82) is 0 Å². The zero-order valence-electron chi connectivity index (χ0n) is 14.6. The second kappa shape index (κ2) is 8.96. The number of carboxylic acids is 2. The Balaban J connectivity index is 2.04. The van der Waals surface area contributed by atoms with E-state index < -0.39 is 69.0 Å². The van der Waals surface area contributed by atoms with Crippen LogP contribution in [0.25, 0.3) is 0 Å². The topological polar surface area (TPSA) is 244 Å². The van der Waals surface area contributed by atoms with Crippen molar-refractivity contribution in [3.05, 3.63) is 22.7 Å². The number of ether oxygens (including phenoxy) is 1. The van der Waals surface area contributed by atoms with Gasteiger partial charge in [0, 0.05) is 6.20 Å². The van der Waals surface area contributed by atoms with Crippen LogP contribution in [0.2, 0.25) is 0 Å². The number of nitrogens with two attached hydrogens (primary N) is 1. The molecule has 5 unspecified atom stereocenters. The molecule has 0 aliphatic carbocycles. The van der Waals surface area contributed by atoms with E-state index in [-0.39, 0.29) is 5.82 Å². The van der Waals surface area contributed by atoms with Gasteiger partial charge in [-0.2, -0.15) is 4.98 Å². The van der Waals surface area contributed by atoms with Gasteiger partial charge < -0.3 is 35.8 Å². The first-order valence-electron chi connectivity index (χ1n) is 7.97. The largest absolute Gasteiger partial charge is 0.481 e. The van der Waals surface area contributed by atoms with Crippen LogP contribution in [-0.2, 0) is 23.4 Å². The summed E-state index contributed by atoms with van der Waals surface area (Å²) >= 11 is 0. The molecule has 0 spiro atoms. The fraction of sp³-hybridized carbons (Fsp3) is 0.538. The predicted octanol–water partition coefficient (Wildman–Crippen LogP) is -2.92. The van der Waals surface area contributed by atoms with Crippen LogP contribution in [0.5, 0.6) is 0 Å². The highest BCUT2D eigenvalue weighted by Gasteiger charge is 2.45. The first-order chi connectivity index (χ1) is 13.4. The monoisotopic (exact) mass is 438 g/mol. The molecular weight excluding hydrogens is 419 g/mol. The van der Waals surface area contributed by atoms with Gasteiger partial charge in [-0.1, -0.05) is 0 Å². The molecule has 1 saturated heterocycles. The molecule has 1 fully saturated rings. The second-order valence-electron chi connectivity index (χ2n) is 6.02. The maximum absolute atomic E-state index is 12.0. The van der Waals surface area contributed by atoms with Crippen molar-refractivity contribution in [3.8, 4) is 0 Å². The number of nitrogens with one attached hydrogen (secondary N) is 1. The van der Waals surface area contributed by atoms with Gasteiger partial charge in [-0.05, 0) is 6.07 Å². The molecular formula is C13H19N4O11P. The summed E-state index contributed by atoms with van der Waals surface area (Å²) in [6.07, 6.45) is -5.89. The maximum atomic E-state index is 12.0.